The molecule has 14 heavy (non-hydrogen) atoms. The predicted octanol–water partition coefficient (Wildman–Crippen LogP) is 1.82. The van der Waals surface area contributed by atoms with Gasteiger partial charge in [0.2, 0.25) is 0 Å². The van der Waals surface area contributed by atoms with Crippen LogP contribution in [0.1, 0.15) is 40.0 Å². The minimum Gasteiger partial charge on any atom is -0.388 e. The standard InChI is InChI=1S/C11H23N3/c1-8(2)14(7-10-4-5-10)9(3)6-11(12)13/h8-10H,4-7H2,1-3H3,(H3,12,13). The Labute approximate surface area is 87.2 Å². The summed E-state index contributed by atoms with van der Waals surface area (Å²) in [6, 6.07) is 0.970. The van der Waals surface area contributed by atoms with Crippen molar-refractivity contribution >= 4 is 5.84 Å². The first-order chi connectivity index (χ1) is 6.50. The van der Waals surface area contributed by atoms with E-state index in [1.54, 1.807) is 0 Å². The van der Waals surface area contributed by atoms with Crippen LogP contribution >= 0.6 is 0 Å². The maximum atomic E-state index is 7.31. The van der Waals surface area contributed by atoms with E-state index in [0.717, 1.165) is 5.92 Å². The molecule has 0 aliphatic heterocycles. The van der Waals surface area contributed by atoms with Crippen LogP contribution in [0.25, 0.3) is 0 Å². The van der Waals surface area contributed by atoms with Crippen molar-refractivity contribution in [3.63, 3.8) is 0 Å². The van der Waals surface area contributed by atoms with Gasteiger partial charge in [0, 0.05) is 25.0 Å². The van der Waals surface area contributed by atoms with Crippen molar-refractivity contribution in [2.45, 2.75) is 52.1 Å². The number of rotatable bonds is 6. The topological polar surface area (TPSA) is 53.1 Å². The minimum atomic E-state index is 0.305. The summed E-state index contributed by atoms with van der Waals surface area (Å²) in [7, 11) is 0. The Morgan fingerprint density at radius 1 is 1.43 bits per heavy atom. The summed E-state index contributed by atoms with van der Waals surface area (Å²) in [5, 5.41) is 7.31. The second-order valence-corrected chi connectivity index (χ2v) is 4.81. The van der Waals surface area contributed by atoms with E-state index in [4.69, 9.17) is 11.1 Å². The van der Waals surface area contributed by atoms with E-state index < -0.39 is 0 Å². The molecule has 1 unspecified atom stereocenters. The zero-order valence-electron chi connectivity index (χ0n) is 9.59. The van der Waals surface area contributed by atoms with Crippen molar-refractivity contribution < 1.29 is 0 Å². The van der Waals surface area contributed by atoms with Crippen molar-refractivity contribution in [1.29, 1.82) is 5.41 Å². The highest BCUT2D eigenvalue weighted by Gasteiger charge is 2.27. The molecule has 1 aliphatic carbocycles. The molecule has 3 N–H and O–H groups in total. The molecule has 0 aromatic carbocycles. The molecular formula is C11H23N3. The quantitative estimate of drug-likeness (QED) is 0.504. The van der Waals surface area contributed by atoms with E-state index in [1.807, 2.05) is 0 Å². The minimum absolute atomic E-state index is 0.305. The van der Waals surface area contributed by atoms with Gasteiger partial charge in [-0.15, -0.1) is 0 Å². The van der Waals surface area contributed by atoms with Crippen LogP contribution in [-0.2, 0) is 0 Å². The SMILES string of the molecule is CC(C)N(CC1CC1)C(C)CC(=N)N. The molecule has 1 atom stereocenters. The van der Waals surface area contributed by atoms with Crippen molar-refractivity contribution in [3.8, 4) is 0 Å². The normalized spacial score (nSPS) is 18.9. The third-order valence-corrected chi connectivity index (χ3v) is 2.91. The van der Waals surface area contributed by atoms with Gasteiger partial charge >= 0.3 is 0 Å². The van der Waals surface area contributed by atoms with E-state index in [0.29, 0.717) is 24.3 Å². The van der Waals surface area contributed by atoms with Gasteiger partial charge < -0.3 is 5.73 Å². The number of nitrogens with zero attached hydrogens (tertiary/aromatic N) is 1. The van der Waals surface area contributed by atoms with Crippen LogP contribution in [0, 0.1) is 11.3 Å². The number of nitrogens with one attached hydrogen (secondary N) is 1. The molecule has 0 radical (unpaired) electrons. The number of hydrogen-bond acceptors (Lipinski definition) is 2. The van der Waals surface area contributed by atoms with Gasteiger partial charge in [0.05, 0.1) is 5.84 Å². The Balaban J connectivity index is 2.42. The van der Waals surface area contributed by atoms with Crippen molar-refractivity contribution in [2.75, 3.05) is 6.54 Å². The molecule has 3 nitrogen and oxygen atoms in total. The Bertz CT molecular complexity index is 197. The third kappa shape index (κ3) is 3.66. The zero-order chi connectivity index (χ0) is 10.7. The van der Waals surface area contributed by atoms with Crippen LogP contribution in [0.5, 0.6) is 0 Å². The molecule has 0 amide bonds. The summed E-state index contributed by atoms with van der Waals surface area (Å²) >= 11 is 0. The van der Waals surface area contributed by atoms with Crippen LogP contribution < -0.4 is 5.73 Å². The van der Waals surface area contributed by atoms with Crippen LogP contribution in [0.4, 0.5) is 0 Å². The van der Waals surface area contributed by atoms with Crippen molar-refractivity contribution in [1.82, 2.24) is 4.90 Å². The van der Waals surface area contributed by atoms with E-state index in [-0.39, 0.29) is 0 Å². The summed E-state index contributed by atoms with van der Waals surface area (Å²) < 4.78 is 0. The highest BCUT2D eigenvalue weighted by Crippen LogP contribution is 2.31. The summed E-state index contributed by atoms with van der Waals surface area (Å²) in [6.07, 6.45) is 3.47. The van der Waals surface area contributed by atoms with Crippen molar-refractivity contribution in [2.24, 2.45) is 11.7 Å². The maximum absolute atomic E-state index is 7.31. The van der Waals surface area contributed by atoms with Gasteiger partial charge in [-0.05, 0) is 39.5 Å². The number of nitrogens with two attached hydrogens (primary N) is 1. The monoisotopic (exact) mass is 197 g/mol. The van der Waals surface area contributed by atoms with Gasteiger partial charge in [-0.25, -0.2) is 0 Å². The van der Waals surface area contributed by atoms with Gasteiger partial charge in [-0.2, -0.15) is 0 Å². The van der Waals surface area contributed by atoms with Crippen LogP contribution in [0.3, 0.4) is 0 Å². The average molecular weight is 197 g/mol. The number of hydrogen-bond donors (Lipinski definition) is 2. The van der Waals surface area contributed by atoms with Gasteiger partial charge in [-0.3, -0.25) is 10.3 Å². The van der Waals surface area contributed by atoms with E-state index >= 15 is 0 Å². The molecular weight excluding hydrogens is 174 g/mol. The lowest BCUT2D eigenvalue weighted by atomic mass is 10.1. The molecule has 1 aliphatic rings. The molecule has 1 saturated carbocycles. The molecule has 0 aromatic rings. The average Bonchev–Trinajstić information content (AvgIpc) is 2.80. The molecule has 1 fully saturated rings. The lowest BCUT2D eigenvalue weighted by molar-refractivity contribution is 0.159. The molecule has 0 heterocycles. The first kappa shape index (κ1) is 11.5. The zero-order valence-corrected chi connectivity index (χ0v) is 9.59. The van der Waals surface area contributed by atoms with E-state index in [9.17, 15) is 0 Å². The molecule has 0 saturated heterocycles. The molecule has 82 valence electrons. The molecule has 0 bridgehead atoms. The molecule has 0 spiro atoms. The second-order valence-electron chi connectivity index (χ2n) is 4.81. The Hall–Kier alpha value is -0.570. The largest absolute Gasteiger partial charge is 0.388 e. The van der Waals surface area contributed by atoms with Gasteiger partial charge in [0.25, 0.3) is 0 Å². The Morgan fingerprint density at radius 2 is 2.00 bits per heavy atom. The summed E-state index contributed by atoms with van der Waals surface area (Å²) in [4.78, 5) is 2.47. The van der Waals surface area contributed by atoms with Crippen molar-refractivity contribution in [3.05, 3.63) is 0 Å². The number of amidine groups is 1. The fraction of sp³-hybridized carbons (Fsp3) is 0.909. The Morgan fingerprint density at radius 3 is 2.36 bits per heavy atom. The first-order valence-electron chi connectivity index (χ1n) is 5.59. The smallest absolute Gasteiger partial charge is 0.0920 e. The second kappa shape index (κ2) is 4.78. The van der Waals surface area contributed by atoms with Gasteiger partial charge in [0.1, 0.15) is 0 Å². The molecule has 0 aromatic heterocycles. The van der Waals surface area contributed by atoms with Crippen LogP contribution in [-0.4, -0.2) is 29.4 Å². The summed E-state index contributed by atoms with van der Waals surface area (Å²) in [5.41, 5.74) is 5.43. The highest BCUT2D eigenvalue weighted by atomic mass is 15.2. The third-order valence-electron chi connectivity index (χ3n) is 2.91. The lowest BCUT2D eigenvalue weighted by Gasteiger charge is -2.32. The van der Waals surface area contributed by atoms with E-state index in [2.05, 4.69) is 25.7 Å². The lowest BCUT2D eigenvalue weighted by Crippen LogP contribution is -2.42. The van der Waals surface area contributed by atoms with Crippen LogP contribution in [0.2, 0.25) is 0 Å². The fourth-order valence-corrected chi connectivity index (χ4v) is 1.93. The molecule has 1 rings (SSSR count). The highest BCUT2D eigenvalue weighted by molar-refractivity contribution is 5.77. The first-order valence-corrected chi connectivity index (χ1v) is 5.59. The molecule has 3 heteroatoms. The summed E-state index contributed by atoms with van der Waals surface area (Å²) in [5.74, 6) is 1.21. The predicted molar refractivity (Wildman–Crippen MR) is 60.6 cm³/mol. The maximum Gasteiger partial charge on any atom is 0.0920 e. The van der Waals surface area contributed by atoms with E-state index in [1.165, 1.54) is 19.4 Å². The summed E-state index contributed by atoms with van der Waals surface area (Å²) in [6.45, 7) is 7.80. The van der Waals surface area contributed by atoms with Gasteiger partial charge in [-0.1, -0.05) is 0 Å². The Kier molecular flexibility index (Phi) is 3.93. The van der Waals surface area contributed by atoms with Gasteiger partial charge in [0.15, 0.2) is 0 Å². The van der Waals surface area contributed by atoms with Crippen LogP contribution in [0.15, 0.2) is 0 Å². The fourth-order valence-electron chi connectivity index (χ4n) is 1.93.